The van der Waals surface area contributed by atoms with Crippen molar-refractivity contribution in [2.75, 3.05) is 5.73 Å². The van der Waals surface area contributed by atoms with Crippen LogP contribution in [0.4, 0.5) is 5.69 Å². The van der Waals surface area contributed by atoms with Crippen molar-refractivity contribution in [1.29, 1.82) is 0 Å². The molecule has 0 spiro atoms. The number of halogens is 1. The molecular weight excluding hydrogens is 214 g/mol. The van der Waals surface area contributed by atoms with Gasteiger partial charge in [-0.3, -0.25) is 0 Å². The van der Waals surface area contributed by atoms with Crippen molar-refractivity contribution in [3.63, 3.8) is 0 Å². The first-order chi connectivity index (χ1) is 6.77. The summed E-state index contributed by atoms with van der Waals surface area (Å²) in [5.74, 6) is 0.487. The van der Waals surface area contributed by atoms with E-state index in [1.165, 1.54) is 15.6 Å². The lowest BCUT2D eigenvalue weighted by molar-refractivity contribution is 1.17. The van der Waals surface area contributed by atoms with E-state index in [4.69, 9.17) is 17.3 Å². The second kappa shape index (κ2) is 3.79. The van der Waals surface area contributed by atoms with Gasteiger partial charge in [-0.1, -0.05) is 13.0 Å². The topological polar surface area (TPSA) is 26.0 Å². The van der Waals surface area contributed by atoms with Crippen LogP contribution in [-0.4, -0.2) is 0 Å². The standard InChI is InChI=1S/C11H12ClNS/c1-2-7-6-14-9-4-3-8(5-12)11(13)10(7)9/h3-4,6H,2,5,13H2,1H3. The van der Waals surface area contributed by atoms with Gasteiger partial charge >= 0.3 is 0 Å². The molecule has 2 N–H and O–H groups in total. The molecule has 0 bridgehead atoms. The molecule has 2 rings (SSSR count). The number of aryl methyl sites for hydroxylation is 1. The summed E-state index contributed by atoms with van der Waals surface area (Å²) in [6.45, 7) is 2.15. The van der Waals surface area contributed by atoms with Crippen LogP contribution in [0.1, 0.15) is 18.1 Å². The molecule has 1 heterocycles. The molecule has 0 aliphatic heterocycles. The Morgan fingerprint density at radius 1 is 1.36 bits per heavy atom. The maximum Gasteiger partial charge on any atom is 0.0494 e. The average molecular weight is 226 g/mol. The molecule has 0 saturated heterocycles. The minimum absolute atomic E-state index is 0.487. The number of anilines is 1. The summed E-state index contributed by atoms with van der Waals surface area (Å²) in [7, 11) is 0. The van der Waals surface area contributed by atoms with E-state index in [-0.39, 0.29) is 0 Å². The summed E-state index contributed by atoms with van der Waals surface area (Å²) in [5, 5.41) is 3.38. The lowest BCUT2D eigenvalue weighted by Gasteiger charge is -2.04. The van der Waals surface area contributed by atoms with Crippen LogP contribution in [0.5, 0.6) is 0 Å². The van der Waals surface area contributed by atoms with Crippen LogP contribution in [-0.2, 0) is 12.3 Å². The van der Waals surface area contributed by atoms with E-state index >= 15 is 0 Å². The molecule has 1 aromatic carbocycles. The molecule has 0 fully saturated rings. The summed E-state index contributed by atoms with van der Waals surface area (Å²) < 4.78 is 1.26. The number of nitrogen functional groups attached to an aromatic ring is 1. The van der Waals surface area contributed by atoms with Crippen molar-refractivity contribution in [2.45, 2.75) is 19.2 Å². The molecule has 2 aromatic rings. The Bertz CT molecular complexity index is 462. The number of fused-ring (bicyclic) bond motifs is 1. The van der Waals surface area contributed by atoms with Crippen LogP contribution in [0.2, 0.25) is 0 Å². The second-order valence-electron chi connectivity index (χ2n) is 3.26. The highest BCUT2D eigenvalue weighted by Gasteiger charge is 2.08. The molecule has 0 aliphatic rings. The molecule has 1 aromatic heterocycles. The van der Waals surface area contributed by atoms with Gasteiger partial charge in [0, 0.05) is 21.7 Å². The SMILES string of the molecule is CCc1csc2ccc(CCl)c(N)c12. The molecule has 0 amide bonds. The zero-order chi connectivity index (χ0) is 10.1. The molecule has 14 heavy (non-hydrogen) atoms. The second-order valence-corrected chi connectivity index (χ2v) is 4.44. The Hall–Kier alpha value is -0.730. The van der Waals surface area contributed by atoms with E-state index in [9.17, 15) is 0 Å². The number of hydrogen-bond donors (Lipinski definition) is 1. The minimum atomic E-state index is 0.487. The molecule has 1 nitrogen and oxygen atoms in total. The molecule has 0 saturated carbocycles. The number of alkyl halides is 1. The van der Waals surface area contributed by atoms with Crippen LogP contribution >= 0.6 is 22.9 Å². The highest BCUT2D eigenvalue weighted by Crippen LogP contribution is 2.33. The van der Waals surface area contributed by atoms with Crippen molar-refractivity contribution in [2.24, 2.45) is 0 Å². The third-order valence-corrected chi connectivity index (χ3v) is 3.76. The van der Waals surface area contributed by atoms with E-state index in [0.717, 1.165) is 17.7 Å². The van der Waals surface area contributed by atoms with Crippen LogP contribution < -0.4 is 5.73 Å². The van der Waals surface area contributed by atoms with Gasteiger partial charge in [-0.15, -0.1) is 22.9 Å². The Morgan fingerprint density at radius 2 is 2.14 bits per heavy atom. The van der Waals surface area contributed by atoms with Gasteiger partial charge < -0.3 is 5.73 Å². The fourth-order valence-corrected chi connectivity index (χ4v) is 2.93. The first-order valence-electron chi connectivity index (χ1n) is 4.61. The van der Waals surface area contributed by atoms with E-state index in [1.54, 1.807) is 11.3 Å². The predicted octanol–water partition coefficient (Wildman–Crippen LogP) is 3.78. The number of benzene rings is 1. The summed E-state index contributed by atoms with van der Waals surface area (Å²) in [4.78, 5) is 0. The Morgan fingerprint density at radius 3 is 2.79 bits per heavy atom. The third kappa shape index (κ3) is 1.39. The van der Waals surface area contributed by atoms with E-state index in [1.807, 2.05) is 6.07 Å². The van der Waals surface area contributed by atoms with Crippen molar-refractivity contribution in [3.8, 4) is 0 Å². The van der Waals surface area contributed by atoms with Crippen molar-refractivity contribution < 1.29 is 0 Å². The van der Waals surface area contributed by atoms with E-state index < -0.39 is 0 Å². The average Bonchev–Trinajstić information content (AvgIpc) is 2.62. The van der Waals surface area contributed by atoms with Gasteiger partial charge in [0.05, 0.1) is 0 Å². The van der Waals surface area contributed by atoms with Gasteiger partial charge in [0.15, 0.2) is 0 Å². The molecule has 0 unspecified atom stereocenters. The number of rotatable bonds is 2. The minimum Gasteiger partial charge on any atom is -0.398 e. The Labute approximate surface area is 92.5 Å². The number of nitrogens with two attached hydrogens (primary N) is 1. The largest absolute Gasteiger partial charge is 0.398 e. The molecule has 0 aliphatic carbocycles. The van der Waals surface area contributed by atoms with E-state index in [2.05, 4.69) is 18.4 Å². The van der Waals surface area contributed by atoms with Crippen LogP contribution in [0.25, 0.3) is 10.1 Å². The maximum atomic E-state index is 6.07. The van der Waals surface area contributed by atoms with Gasteiger partial charge in [-0.2, -0.15) is 0 Å². The molecule has 0 radical (unpaired) electrons. The van der Waals surface area contributed by atoms with E-state index in [0.29, 0.717) is 5.88 Å². The lowest BCUT2D eigenvalue weighted by atomic mass is 10.1. The summed E-state index contributed by atoms with van der Waals surface area (Å²) in [6, 6.07) is 4.12. The van der Waals surface area contributed by atoms with Crippen molar-refractivity contribution in [3.05, 3.63) is 28.6 Å². The van der Waals surface area contributed by atoms with Gasteiger partial charge in [0.2, 0.25) is 0 Å². The highest BCUT2D eigenvalue weighted by atomic mass is 35.5. The van der Waals surface area contributed by atoms with Crippen LogP contribution in [0.15, 0.2) is 17.5 Å². The van der Waals surface area contributed by atoms with Crippen molar-refractivity contribution >= 4 is 38.7 Å². The fraction of sp³-hybridized carbons (Fsp3) is 0.273. The normalized spacial score (nSPS) is 11.0. The molecule has 0 atom stereocenters. The number of thiophene rings is 1. The zero-order valence-corrected chi connectivity index (χ0v) is 9.58. The van der Waals surface area contributed by atoms with Gasteiger partial charge in [0.25, 0.3) is 0 Å². The molecule has 3 heteroatoms. The highest BCUT2D eigenvalue weighted by molar-refractivity contribution is 7.17. The molecule has 74 valence electrons. The smallest absolute Gasteiger partial charge is 0.0494 e. The van der Waals surface area contributed by atoms with Crippen LogP contribution in [0.3, 0.4) is 0 Å². The summed E-state index contributed by atoms with van der Waals surface area (Å²) >= 11 is 7.57. The van der Waals surface area contributed by atoms with Gasteiger partial charge in [-0.05, 0) is 29.0 Å². The van der Waals surface area contributed by atoms with Crippen LogP contribution in [0, 0.1) is 0 Å². The van der Waals surface area contributed by atoms with Gasteiger partial charge in [-0.25, -0.2) is 0 Å². The number of hydrogen-bond acceptors (Lipinski definition) is 2. The van der Waals surface area contributed by atoms with Crippen molar-refractivity contribution in [1.82, 2.24) is 0 Å². The monoisotopic (exact) mass is 225 g/mol. The first kappa shape index (κ1) is 9.81. The first-order valence-corrected chi connectivity index (χ1v) is 6.02. The summed E-state index contributed by atoms with van der Waals surface area (Å²) in [6.07, 6.45) is 1.02. The maximum absolute atomic E-state index is 6.07. The summed E-state index contributed by atoms with van der Waals surface area (Å²) in [5.41, 5.74) is 9.29. The quantitative estimate of drug-likeness (QED) is 0.611. The lowest BCUT2D eigenvalue weighted by Crippen LogP contribution is -1.93. The Kier molecular flexibility index (Phi) is 2.66. The fourth-order valence-electron chi connectivity index (χ4n) is 1.64. The Balaban J connectivity index is 2.77. The third-order valence-electron chi connectivity index (χ3n) is 2.47. The zero-order valence-electron chi connectivity index (χ0n) is 8.01. The molecular formula is C11H12ClNS. The van der Waals surface area contributed by atoms with Gasteiger partial charge in [0.1, 0.15) is 0 Å². The predicted molar refractivity (Wildman–Crippen MR) is 65.2 cm³/mol.